The number of nitrogens with two attached hydrogens (primary N) is 1. The highest BCUT2D eigenvalue weighted by atomic mass is 16.6. The molecule has 0 radical (unpaired) electrons. The van der Waals surface area contributed by atoms with Gasteiger partial charge in [-0.15, -0.1) is 0 Å². The van der Waals surface area contributed by atoms with E-state index in [1.165, 1.54) is 0 Å². The number of rotatable bonds is 1. The third kappa shape index (κ3) is 4.10. The Hall–Kier alpha value is -0.810. The Bertz CT molecular complexity index is 380. The summed E-state index contributed by atoms with van der Waals surface area (Å²) in [5.74, 6) is 1.12. The lowest BCUT2D eigenvalue weighted by molar-refractivity contribution is 0.00547. The van der Waals surface area contributed by atoms with Crippen molar-refractivity contribution in [3.05, 3.63) is 0 Å². The van der Waals surface area contributed by atoms with Crippen LogP contribution in [-0.2, 0) is 4.74 Å². The fourth-order valence-electron chi connectivity index (χ4n) is 3.80. The van der Waals surface area contributed by atoms with Gasteiger partial charge in [0, 0.05) is 31.7 Å². The first-order chi connectivity index (χ1) is 9.67. The largest absolute Gasteiger partial charge is 0.444 e. The lowest BCUT2D eigenvalue weighted by Gasteiger charge is -2.41. The molecule has 1 amide bonds. The zero-order chi connectivity index (χ0) is 15.8. The molecular weight excluding hydrogens is 266 g/mol. The Morgan fingerprint density at radius 3 is 2.43 bits per heavy atom. The highest BCUT2D eigenvalue weighted by molar-refractivity contribution is 5.68. The standard InChI is InChI=1S/C16H31N3O2/c1-11-9-19(15(20)21-16(2,3)4)7-6-13(11)14-8-12(17)10-18(14)5/h11-14H,6-10,17H2,1-5H3. The first-order valence-electron chi connectivity index (χ1n) is 8.11. The molecule has 122 valence electrons. The smallest absolute Gasteiger partial charge is 0.410 e. The predicted molar refractivity (Wildman–Crippen MR) is 84.1 cm³/mol. The summed E-state index contributed by atoms with van der Waals surface area (Å²) in [4.78, 5) is 16.4. The monoisotopic (exact) mass is 297 g/mol. The molecule has 2 aliphatic rings. The highest BCUT2D eigenvalue weighted by Gasteiger charge is 2.40. The van der Waals surface area contributed by atoms with E-state index >= 15 is 0 Å². The predicted octanol–water partition coefficient (Wildman–Crippen LogP) is 1.91. The van der Waals surface area contributed by atoms with Crippen molar-refractivity contribution in [3.8, 4) is 0 Å². The summed E-state index contributed by atoms with van der Waals surface area (Å²) in [5, 5.41) is 0. The van der Waals surface area contributed by atoms with Crippen molar-refractivity contribution >= 4 is 6.09 Å². The van der Waals surface area contributed by atoms with Gasteiger partial charge < -0.3 is 20.3 Å². The van der Waals surface area contributed by atoms with Crippen LogP contribution in [0.15, 0.2) is 0 Å². The maximum absolute atomic E-state index is 12.2. The van der Waals surface area contributed by atoms with Crippen molar-refractivity contribution in [2.45, 2.75) is 58.2 Å². The van der Waals surface area contributed by atoms with Crippen molar-refractivity contribution in [1.82, 2.24) is 9.80 Å². The van der Waals surface area contributed by atoms with Gasteiger partial charge in [-0.05, 0) is 52.5 Å². The molecule has 0 bridgehead atoms. The molecule has 2 aliphatic heterocycles. The molecule has 5 heteroatoms. The molecule has 2 heterocycles. The number of likely N-dealkylation sites (N-methyl/N-ethyl adjacent to an activating group) is 1. The quantitative estimate of drug-likeness (QED) is 0.803. The van der Waals surface area contributed by atoms with E-state index in [1.807, 2.05) is 25.7 Å². The highest BCUT2D eigenvalue weighted by Crippen LogP contribution is 2.33. The maximum Gasteiger partial charge on any atom is 0.410 e. The van der Waals surface area contributed by atoms with Gasteiger partial charge in [-0.25, -0.2) is 4.79 Å². The first kappa shape index (κ1) is 16.6. The fraction of sp³-hybridized carbons (Fsp3) is 0.938. The molecule has 0 aromatic rings. The van der Waals surface area contributed by atoms with E-state index in [0.29, 0.717) is 23.9 Å². The summed E-state index contributed by atoms with van der Waals surface area (Å²) in [6, 6.07) is 0.867. The summed E-state index contributed by atoms with van der Waals surface area (Å²) in [7, 11) is 2.17. The molecule has 2 rings (SSSR count). The van der Waals surface area contributed by atoms with Crippen molar-refractivity contribution < 1.29 is 9.53 Å². The SMILES string of the molecule is CC1CN(C(=O)OC(C)(C)C)CCC1C1CC(N)CN1C. The van der Waals surface area contributed by atoms with E-state index in [4.69, 9.17) is 10.5 Å². The van der Waals surface area contributed by atoms with Crippen LogP contribution in [0, 0.1) is 11.8 Å². The molecule has 0 spiro atoms. The van der Waals surface area contributed by atoms with Gasteiger partial charge >= 0.3 is 6.09 Å². The molecule has 2 fully saturated rings. The minimum Gasteiger partial charge on any atom is -0.444 e. The van der Waals surface area contributed by atoms with Crippen molar-refractivity contribution in [3.63, 3.8) is 0 Å². The molecule has 21 heavy (non-hydrogen) atoms. The lowest BCUT2D eigenvalue weighted by atomic mass is 9.80. The van der Waals surface area contributed by atoms with E-state index in [1.54, 1.807) is 0 Å². The molecule has 5 nitrogen and oxygen atoms in total. The summed E-state index contributed by atoms with van der Waals surface area (Å²) in [5.41, 5.74) is 5.67. The van der Waals surface area contributed by atoms with Crippen molar-refractivity contribution in [2.75, 3.05) is 26.7 Å². The van der Waals surface area contributed by atoms with E-state index in [9.17, 15) is 4.79 Å². The van der Waals surface area contributed by atoms with Crippen molar-refractivity contribution in [2.24, 2.45) is 17.6 Å². The van der Waals surface area contributed by atoms with Gasteiger partial charge in [-0.3, -0.25) is 0 Å². The third-order valence-corrected chi connectivity index (χ3v) is 4.75. The number of piperidine rings is 1. The number of nitrogens with zero attached hydrogens (tertiary/aromatic N) is 2. The van der Waals surface area contributed by atoms with Gasteiger partial charge in [-0.1, -0.05) is 6.92 Å². The normalized spacial score (nSPS) is 35.0. The number of hydrogen-bond donors (Lipinski definition) is 1. The second kappa shape index (κ2) is 6.13. The van der Waals surface area contributed by atoms with Crippen LogP contribution in [0.25, 0.3) is 0 Å². The Kier molecular flexibility index (Phi) is 4.83. The van der Waals surface area contributed by atoms with E-state index < -0.39 is 5.60 Å². The molecule has 2 saturated heterocycles. The van der Waals surface area contributed by atoms with Gasteiger partial charge in [0.1, 0.15) is 5.60 Å². The van der Waals surface area contributed by atoms with E-state index in [0.717, 1.165) is 32.5 Å². The second-order valence-corrected chi connectivity index (χ2v) is 7.86. The van der Waals surface area contributed by atoms with Crippen LogP contribution in [0.1, 0.15) is 40.5 Å². The van der Waals surface area contributed by atoms with Crippen LogP contribution in [-0.4, -0.2) is 60.3 Å². The Balaban J connectivity index is 1.92. The van der Waals surface area contributed by atoms with Crippen LogP contribution in [0.2, 0.25) is 0 Å². The molecule has 0 saturated carbocycles. The van der Waals surface area contributed by atoms with Crippen molar-refractivity contribution in [1.29, 1.82) is 0 Å². The van der Waals surface area contributed by atoms with Gasteiger partial charge in [0.2, 0.25) is 0 Å². The minimum atomic E-state index is -0.421. The zero-order valence-electron chi connectivity index (χ0n) is 14.1. The average Bonchev–Trinajstić information content (AvgIpc) is 2.66. The summed E-state index contributed by atoms with van der Waals surface area (Å²) in [6.07, 6.45) is 1.95. The Morgan fingerprint density at radius 1 is 1.29 bits per heavy atom. The first-order valence-corrected chi connectivity index (χ1v) is 8.11. The molecule has 4 atom stereocenters. The lowest BCUT2D eigenvalue weighted by Crippen LogP contribution is -2.49. The molecule has 0 aliphatic carbocycles. The van der Waals surface area contributed by atoms with E-state index in [2.05, 4.69) is 18.9 Å². The Morgan fingerprint density at radius 2 is 1.95 bits per heavy atom. The van der Waals surface area contributed by atoms with Crippen LogP contribution >= 0.6 is 0 Å². The molecular formula is C16H31N3O2. The number of likely N-dealkylation sites (tertiary alicyclic amines) is 2. The molecule has 4 unspecified atom stereocenters. The number of amides is 1. The van der Waals surface area contributed by atoms with Crippen LogP contribution in [0.5, 0.6) is 0 Å². The van der Waals surface area contributed by atoms with E-state index in [-0.39, 0.29) is 6.09 Å². The van der Waals surface area contributed by atoms with Gasteiger partial charge in [0.15, 0.2) is 0 Å². The van der Waals surface area contributed by atoms with Crippen LogP contribution < -0.4 is 5.73 Å². The number of ether oxygens (including phenoxy) is 1. The number of hydrogen-bond acceptors (Lipinski definition) is 4. The van der Waals surface area contributed by atoms with Crippen LogP contribution in [0.3, 0.4) is 0 Å². The van der Waals surface area contributed by atoms with Crippen LogP contribution in [0.4, 0.5) is 4.79 Å². The molecule has 2 N–H and O–H groups in total. The number of carbonyl (C=O) groups excluding carboxylic acids is 1. The number of carbonyl (C=O) groups is 1. The average molecular weight is 297 g/mol. The van der Waals surface area contributed by atoms with Gasteiger partial charge in [0.05, 0.1) is 0 Å². The van der Waals surface area contributed by atoms with Gasteiger partial charge in [0.25, 0.3) is 0 Å². The maximum atomic E-state index is 12.2. The zero-order valence-corrected chi connectivity index (χ0v) is 14.1. The molecule has 0 aromatic heterocycles. The fourth-order valence-corrected chi connectivity index (χ4v) is 3.80. The Labute approximate surface area is 128 Å². The minimum absolute atomic E-state index is 0.177. The molecule has 0 aromatic carbocycles. The third-order valence-electron chi connectivity index (χ3n) is 4.75. The summed E-state index contributed by atoms with van der Waals surface area (Å²) in [6.45, 7) is 10.6. The summed E-state index contributed by atoms with van der Waals surface area (Å²) >= 11 is 0. The summed E-state index contributed by atoms with van der Waals surface area (Å²) < 4.78 is 5.48. The van der Waals surface area contributed by atoms with Gasteiger partial charge in [-0.2, -0.15) is 0 Å². The topological polar surface area (TPSA) is 58.8 Å². The second-order valence-electron chi connectivity index (χ2n) is 7.86.